The highest BCUT2D eigenvalue weighted by Gasteiger charge is 2.38. The van der Waals surface area contributed by atoms with E-state index in [0.29, 0.717) is 11.3 Å². The Bertz CT molecular complexity index is 1750. The van der Waals surface area contributed by atoms with Crippen LogP contribution in [-0.4, -0.2) is 63.0 Å². The van der Waals surface area contributed by atoms with Crippen molar-refractivity contribution in [2.45, 2.75) is 56.4 Å². The second-order valence-corrected chi connectivity index (χ2v) is 12.0. The lowest BCUT2D eigenvalue weighted by Crippen LogP contribution is -2.60. The Hall–Kier alpha value is -5.68. The molecule has 1 unspecified atom stereocenters. The Morgan fingerprint density at radius 3 is 1.96 bits per heavy atom. The van der Waals surface area contributed by atoms with Crippen LogP contribution >= 0.6 is 0 Å². The number of carbonyl (C=O) groups excluding carboxylic acids is 3. The number of hydrogen-bond donors (Lipinski definition) is 6. The number of amides is 3. The third-order valence-corrected chi connectivity index (χ3v) is 8.49. The van der Waals surface area contributed by atoms with E-state index in [1.54, 1.807) is 48.5 Å². The zero-order valence-electron chi connectivity index (χ0n) is 26.3. The molecule has 0 saturated heterocycles. The summed E-state index contributed by atoms with van der Waals surface area (Å²) in [7, 11) is 0. The molecule has 3 amide bonds. The van der Waals surface area contributed by atoms with Gasteiger partial charge in [-0.1, -0.05) is 78.9 Å². The highest BCUT2D eigenvalue weighted by molar-refractivity contribution is 5.95. The van der Waals surface area contributed by atoms with Gasteiger partial charge in [-0.3, -0.25) is 14.4 Å². The van der Waals surface area contributed by atoms with Gasteiger partial charge in [-0.2, -0.15) is 0 Å². The Morgan fingerprint density at radius 1 is 0.729 bits per heavy atom. The fourth-order valence-corrected chi connectivity index (χ4v) is 5.86. The number of hydrogen-bond acceptors (Lipinski definition) is 7. The van der Waals surface area contributed by atoms with Gasteiger partial charge in [0.05, 0.1) is 6.04 Å². The van der Waals surface area contributed by atoms with Crippen LogP contribution < -0.4 is 22.1 Å². The molecule has 0 aliphatic carbocycles. The maximum Gasteiger partial charge on any atom is 0.326 e. The molecule has 5 rings (SSSR count). The number of nitrogens with one attached hydrogen (secondary N) is 2. The number of nitrogens with zero attached hydrogens (tertiary/aromatic N) is 1. The third-order valence-electron chi connectivity index (χ3n) is 8.49. The fourth-order valence-electron chi connectivity index (χ4n) is 5.86. The maximum atomic E-state index is 14.1. The van der Waals surface area contributed by atoms with Gasteiger partial charge in [-0.25, -0.2) is 4.79 Å². The van der Waals surface area contributed by atoms with Crippen molar-refractivity contribution in [3.63, 3.8) is 0 Å². The number of phenols is 1. The molecule has 8 N–H and O–H groups in total. The van der Waals surface area contributed by atoms with E-state index in [1.807, 2.05) is 42.5 Å². The van der Waals surface area contributed by atoms with Crippen LogP contribution in [0.5, 0.6) is 5.75 Å². The topological polar surface area (TPSA) is 188 Å². The van der Waals surface area contributed by atoms with Crippen molar-refractivity contribution in [1.29, 1.82) is 0 Å². The Kier molecular flexibility index (Phi) is 10.7. The van der Waals surface area contributed by atoms with E-state index in [2.05, 4.69) is 10.6 Å². The molecule has 1 heterocycles. The first-order valence-electron chi connectivity index (χ1n) is 15.7. The molecule has 11 nitrogen and oxygen atoms in total. The molecule has 0 radical (unpaired) electrons. The molecule has 4 aromatic carbocycles. The summed E-state index contributed by atoms with van der Waals surface area (Å²) in [6.45, 7) is 0.147. The minimum Gasteiger partial charge on any atom is -0.508 e. The van der Waals surface area contributed by atoms with Gasteiger partial charge in [0.1, 0.15) is 23.9 Å². The van der Waals surface area contributed by atoms with Crippen molar-refractivity contribution >= 4 is 29.4 Å². The lowest BCUT2D eigenvalue weighted by atomic mass is 9.92. The zero-order valence-corrected chi connectivity index (χ0v) is 26.3. The average molecular weight is 650 g/mol. The van der Waals surface area contributed by atoms with Gasteiger partial charge in [0, 0.05) is 31.5 Å². The van der Waals surface area contributed by atoms with E-state index in [1.165, 1.54) is 17.0 Å². The first-order valence-corrected chi connectivity index (χ1v) is 15.7. The molecule has 1 aliphatic rings. The summed E-state index contributed by atoms with van der Waals surface area (Å²) in [6, 6.07) is 25.3. The summed E-state index contributed by atoms with van der Waals surface area (Å²) < 4.78 is 0. The number of nitrogen functional groups attached to an aromatic ring is 1. The van der Waals surface area contributed by atoms with Crippen LogP contribution in [0.25, 0.3) is 0 Å². The Morgan fingerprint density at radius 2 is 1.29 bits per heavy atom. The second kappa shape index (κ2) is 15.3. The molecule has 48 heavy (non-hydrogen) atoms. The molecule has 248 valence electrons. The summed E-state index contributed by atoms with van der Waals surface area (Å²) in [6.07, 6.45) is 0.488. The number of fused-ring (bicyclic) bond motifs is 1. The first-order chi connectivity index (χ1) is 23.1. The Labute approximate surface area is 278 Å². The van der Waals surface area contributed by atoms with E-state index in [-0.39, 0.29) is 38.0 Å². The summed E-state index contributed by atoms with van der Waals surface area (Å²) in [4.78, 5) is 55.3. The average Bonchev–Trinajstić information content (AvgIpc) is 3.09. The molecule has 4 atom stereocenters. The van der Waals surface area contributed by atoms with Crippen LogP contribution in [0.1, 0.15) is 27.8 Å². The molecule has 1 aliphatic heterocycles. The summed E-state index contributed by atoms with van der Waals surface area (Å²) in [5, 5.41) is 25.0. The van der Waals surface area contributed by atoms with E-state index in [9.17, 15) is 29.4 Å². The number of phenolic OH excluding ortho intramolecular Hbond substituents is 1. The SMILES string of the molecule is Nc1ccc(CC(NC(=O)[C@H](Cc2ccccc2)NC(=O)[C@@H]2Cc3ccccc3CN2C(=O)[C@@H](N)Cc2ccc(O)cc2)C(=O)O)cc1. The lowest BCUT2D eigenvalue weighted by molar-refractivity contribution is -0.144. The number of carbonyl (C=O) groups is 4. The van der Waals surface area contributed by atoms with Crippen molar-refractivity contribution in [2.75, 3.05) is 5.73 Å². The van der Waals surface area contributed by atoms with Crippen LogP contribution in [0, 0.1) is 0 Å². The van der Waals surface area contributed by atoms with Crippen LogP contribution in [0.4, 0.5) is 5.69 Å². The highest BCUT2D eigenvalue weighted by atomic mass is 16.4. The van der Waals surface area contributed by atoms with Crippen LogP contribution in [-0.2, 0) is 51.4 Å². The van der Waals surface area contributed by atoms with Gasteiger partial charge in [0.25, 0.3) is 0 Å². The number of nitrogens with two attached hydrogens (primary N) is 2. The number of rotatable bonds is 12. The zero-order chi connectivity index (χ0) is 34.2. The van der Waals surface area contributed by atoms with E-state index < -0.39 is 47.9 Å². The molecule has 4 aromatic rings. The van der Waals surface area contributed by atoms with Gasteiger partial charge in [-0.05, 0) is 58.5 Å². The van der Waals surface area contributed by atoms with Crippen LogP contribution in [0.2, 0.25) is 0 Å². The van der Waals surface area contributed by atoms with Gasteiger partial charge < -0.3 is 37.2 Å². The Balaban J connectivity index is 1.38. The number of carboxylic acid groups (broad SMARTS) is 1. The van der Waals surface area contributed by atoms with Crippen LogP contribution in [0.3, 0.4) is 0 Å². The number of anilines is 1. The number of aromatic hydroxyl groups is 1. The monoisotopic (exact) mass is 649 g/mol. The predicted molar refractivity (Wildman–Crippen MR) is 180 cm³/mol. The minimum atomic E-state index is -1.27. The summed E-state index contributed by atoms with van der Waals surface area (Å²) >= 11 is 0. The van der Waals surface area contributed by atoms with Crippen molar-refractivity contribution in [1.82, 2.24) is 15.5 Å². The van der Waals surface area contributed by atoms with Gasteiger partial charge >= 0.3 is 5.97 Å². The highest BCUT2D eigenvalue weighted by Crippen LogP contribution is 2.25. The summed E-state index contributed by atoms with van der Waals surface area (Å²) in [5.41, 5.74) is 16.6. The smallest absolute Gasteiger partial charge is 0.326 e. The predicted octanol–water partition coefficient (Wildman–Crippen LogP) is 2.34. The second-order valence-electron chi connectivity index (χ2n) is 12.0. The van der Waals surface area contributed by atoms with Crippen molar-refractivity contribution in [2.24, 2.45) is 5.73 Å². The molecule has 0 aromatic heterocycles. The molecular formula is C37H39N5O6. The molecular weight excluding hydrogens is 610 g/mol. The maximum absolute atomic E-state index is 14.1. The number of benzene rings is 4. The fraction of sp³-hybridized carbons (Fsp3) is 0.243. The molecule has 0 bridgehead atoms. The van der Waals surface area contributed by atoms with Gasteiger partial charge in [0.2, 0.25) is 17.7 Å². The van der Waals surface area contributed by atoms with Crippen LogP contribution in [0.15, 0.2) is 103 Å². The molecule has 11 heteroatoms. The first kappa shape index (κ1) is 33.7. The third kappa shape index (κ3) is 8.56. The molecule has 0 fully saturated rings. The largest absolute Gasteiger partial charge is 0.508 e. The van der Waals surface area contributed by atoms with Crippen molar-refractivity contribution in [3.8, 4) is 5.75 Å². The normalized spacial score (nSPS) is 15.8. The van der Waals surface area contributed by atoms with E-state index in [0.717, 1.165) is 22.3 Å². The summed E-state index contributed by atoms with van der Waals surface area (Å²) in [5.74, 6) is -2.80. The molecule has 0 saturated carbocycles. The standard InChI is InChI=1S/C37H39N5O6/c38-28-14-10-25(11-15-28)20-32(37(47)48)41-34(44)31(19-23-6-2-1-3-7-23)40-35(45)33-21-26-8-4-5-9-27(26)22-42(33)36(46)30(39)18-24-12-16-29(43)17-13-24/h1-17,30-33,43H,18-22,38-39H2,(H,40,45)(H,41,44)(H,47,48)/t30-,31-,32?,33-/m0/s1. The number of aliphatic carboxylic acids is 1. The van der Waals surface area contributed by atoms with Gasteiger partial charge in [-0.15, -0.1) is 0 Å². The lowest BCUT2D eigenvalue weighted by Gasteiger charge is -2.38. The van der Waals surface area contributed by atoms with Crippen molar-refractivity contribution in [3.05, 3.63) is 131 Å². The minimum absolute atomic E-state index is 0.00790. The van der Waals surface area contributed by atoms with Crippen molar-refractivity contribution < 1.29 is 29.4 Å². The van der Waals surface area contributed by atoms with E-state index in [4.69, 9.17) is 11.5 Å². The molecule has 0 spiro atoms. The quantitative estimate of drug-likeness (QED) is 0.126. The van der Waals surface area contributed by atoms with Gasteiger partial charge in [0.15, 0.2) is 0 Å². The number of carboxylic acids is 1. The van der Waals surface area contributed by atoms with E-state index >= 15 is 0 Å².